The monoisotopic (exact) mass is 259 g/mol. The van der Waals surface area contributed by atoms with Crippen LogP contribution in [0, 0.1) is 5.92 Å². The van der Waals surface area contributed by atoms with Gasteiger partial charge < -0.3 is 4.74 Å². The molecule has 1 aliphatic heterocycles. The summed E-state index contributed by atoms with van der Waals surface area (Å²) in [5.74, 6) is -0.510. The maximum absolute atomic E-state index is 12.7. The second-order valence-electron chi connectivity index (χ2n) is 4.28. The predicted molar refractivity (Wildman–Crippen MR) is 57.1 cm³/mol. The molecule has 98 valence electrons. The van der Waals surface area contributed by atoms with Gasteiger partial charge in [-0.15, -0.1) is 0 Å². The molecule has 0 N–H and O–H groups in total. The predicted octanol–water partition coefficient (Wildman–Crippen LogP) is 2.71. The Labute approximate surface area is 102 Å². The van der Waals surface area contributed by atoms with E-state index >= 15 is 0 Å². The quantitative estimate of drug-likeness (QED) is 0.783. The van der Waals surface area contributed by atoms with E-state index < -0.39 is 17.5 Å². The van der Waals surface area contributed by atoms with E-state index in [4.69, 9.17) is 4.74 Å². The minimum absolute atomic E-state index is 0.0128. The molecule has 1 fully saturated rings. The third-order valence-corrected chi connectivity index (χ3v) is 2.92. The number of aromatic nitrogens is 1. The standard InChI is InChI=1S/C12H12F3NO2/c13-12(14,15)10-1-3-16-6-9(10)11(17)5-8-2-4-18-7-8/h1,3,6,8H,2,4-5,7H2. The summed E-state index contributed by atoms with van der Waals surface area (Å²) in [6.45, 7) is 1.00. The SMILES string of the molecule is O=C(CC1CCOC1)c1cnccc1C(F)(F)F. The number of hydrogen-bond acceptors (Lipinski definition) is 3. The molecule has 1 aromatic heterocycles. The summed E-state index contributed by atoms with van der Waals surface area (Å²) in [5.41, 5.74) is -1.27. The highest BCUT2D eigenvalue weighted by Crippen LogP contribution is 2.32. The number of Topliss-reactive ketones (excluding diaryl/α,β-unsaturated/α-hetero) is 1. The molecule has 0 bridgehead atoms. The van der Waals surface area contributed by atoms with Crippen LogP contribution in [0.4, 0.5) is 13.2 Å². The average Bonchev–Trinajstić information content (AvgIpc) is 2.80. The maximum Gasteiger partial charge on any atom is 0.417 e. The minimum atomic E-state index is -4.53. The van der Waals surface area contributed by atoms with Gasteiger partial charge in [-0.3, -0.25) is 9.78 Å². The van der Waals surface area contributed by atoms with Crippen molar-refractivity contribution >= 4 is 5.78 Å². The second kappa shape index (κ2) is 5.06. The van der Waals surface area contributed by atoms with E-state index in [0.717, 1.165) is 18.5 Å². The minimum Gasteiger partial charge on any atom is -0.381 e. The number of carbonyl (C=O) groups excluding carboxylic acids is 1. The summed E-state index contributed by atoms with van der Waals surface area (Å²) in [6.07, 6.45) is -1.71. The van der Waals surface area contributed by atoms with E-state index in [9.17, 15) is 18.0 Å². The number of ether oxygens (including phenoxy) is 1. The van der Waals surface area contributed by atoms with E-state index in [1.54, 1.807) is 0 Å². The molecular formula is C12H12F3NO2. The Morgan fingerprint density at radius 3 is 2.89 bits per heavy atom. The van der Waals surface area contributed by atoms with Gasteiger partial charge in [-0.25, -0.2) is 0 Å². The van der Waals surface area contributed by atoms with Gasteiger partial charge in [-0.1, -0.05) is 0 Å². The van der Waals surface area contributed by atoms with E-state index in [2.05, 4.69) is 4.98 Å². The highest BCUT2D eigenvalue weighted by Gasteiger charge is 2.35. The molecule has 1 aliphatic rings. The number of hydrogen-bond donors (Lipinski definition) is 0. The number of rotatable bonds is 3. The van der Waals surface area contributed by atoms with Gasteiger partial charge in [0.1, 0.15) is 0 Å². The number of ketones is 1. The summed E-state index contributed by atoms with van der Waals surface area (Å²) in [6, 6.07) is 0.832. The fourth-order valence-electron chi connectivity index (χ4n) is 1.98. The number of nitrogens with zero attached hydrogens (tertiary/aromatic N) is 1. The Hall–Kier alpha value is -1.43. The first-order chi connectivity index (χ1) is 8.48. The molecule has 6 heteroatoms. The van der Waals surface area contributed by atoms with Crippen LogP contribution in [0.15, 0.2) is 18.5 Å². The largest absolute Gasteiger partial charge is 0.417 e. The number of pyridine rings is 1. The molecule has 2 rings (SSSR count). The molecule has 1 aromatic rings. The van der Waals surface area contributed by atoms with Crippen LogP contribution in [0.2, 0.25) is 0 Å². The molecule has 0 radical (unpaired) electrons. The fraction of sp³-hybridized carbons (Fsp3) is 0.500. The van der Waals surface area contributed by atoms with Crippen LogP contribution >= 0.6 is 0 Å². The first kappa shape index (κ1) is 13.0. The molecule has 0 saturated carbocycles. The van der Waals surface area contributed by atoms with Crippen LogP contribution in [0.1, 0.15) is 28.8 Å². The topological polar surface area (TPSA) is 39.2 Å². The van der Waals surface area contributed by atoms with Crippen molar-refractivity contribution in [3.05, 3.63) is 29.6 Å². The van der Waals surface area contributed by atoms with Crippen molar-refractivity contribution in [2.24, 2.45) is 5.92 Å². The average molecular weight is 259 g/mol. The van der Waals surface area contributed by atoms with Crippen molar-refractivity contribution in [3.63, 3.8) is 0 Å². The molecule has 1 saturated heterocycles. The van der Waals surface area contributed by atoms with Gasteiger partial charge in [0, 0.05) is 37.6 Å². The first-order valence-electron chi connectivity index (χ1n) is 5.60. The van der Waals surface area contributed by atoms with E-state index in [0.29, 0.717) is 19.6 Å². The Kier molecular flexibility index (Phi) is 3.65. The Morgan fingerprint density at radius 2 is 2.28 bits per heavy atom. The third kappa shape index (κ3) is 2.87. The zero-order chi connectivity index (χ0) is 13.2. The molecule has 3 nitrogen and oxygen atoms in total. The molecule has 0 aliphatic carbocycles. The van der Waals surface area contributed by atoms with Crippen molar-refractivity contribution < 1.29 is 22.7 Å². The van der Waals surface area contributed by atoms with Crippen molar-refractivity contribution in [1.29, 1.82) is 0 Å². The van der Waals surface area contributed by atoms with Gasteiger partial charge in [-0.05, 0) is 18.4 Å². The van der Waals surface area contributed by atoms with Crippen LogP contribution in [-0.2, 0) is 10.9 Å². The lowest BCUT2D eigenvalue weighted by molar-refractivity contribution is -0.138. The highest BCUT2D eigenvalue weighted by molar-refractivity contribution is 5.97. The summed E-state index contributed by atoms with van der Waals surface area (Å²) in [7, 11) is 0. The van der Waals surface area contributed by atoms with Crippen LogP contribution in [0.25, 0.3) is 0 Å². The van der Waals surface area contributed by atoms with E-state index in [1.165, 1.54) is 0 Å². The molecule has 1 atom stereocenters. The third-order valence-electron chi connectivity index (χ3n) is 2.92. The summed E-state index contributed by atoms with van der Waals surface area (Å²) in [5, 5.41) is 0. The zero-order valence-electron chi connectivity index (χ0n) is 9.54. The van der Waals surface area contributed by atoms with Crippen LogP contribution in [0.5, 0.6) is 0 Å². The van der Waals surface area contributed by atoms with Gasteiger partial charge in [-0.2, -0.15) is 13.2 Å². The van der Waals surface area contributed by atoms with Gasteiger partial charge >= 0.3 is 6.18 Å². The van der Waals surface area contributed by atoms with E-state index in [1.807, 2.05) is 0 Å². The fourth-order valence-corrected chi connectivity index (χ4v) is 1.98. The highest BCUT2D eigenvalue weighted by atomic mass is 19.4. The number of halogens is 3. The number of carbonyl (C=O) groups is 1. The first-order valence-corrected chi connectivity index (χ1v) is 5.60. The lowest BCUT2D eigenvalue weighted by Gasteiger charge is -2.12. The Bertz CT molecular complexity index is 439. The summed E-state index contributed by atoms with van der Waals surface area (Å²) >= 11 is 0. The Morgan fingerprint density at radius 1 is 1.50 bits per heavy atom. The van der Waals surface area contributed by atoms with Crippen molar-refractivity contribution in [2.75, 3.05) is 13.2 Å². The van der Waals surface area contributed by atoms with Gasteiger partial charge in [0.15, 0.2) is 5.78 Å². The normalized spacial score (nSPS) is 20.1. The summed E-state index contributed by atoms with van der Waals surface area (Å²) in [4.78, 5) is 15.5. The van der Waals surface area contributed by atoms with Gasteiger partial charge in [0.25, 0.3) is 0 Å². The van der Waals surface area contributed by atoms with Gasteiger partial charge in [0.05, 0.1) is 5.56 Å². The molecular weight excluding hydrogens is 247 g/mol. The molecule has 1 unspecified atom stereocenters. The lowest BCUT2D eigenvalue weighted by atomic mass is 9.96. The van der Waals surface area contributed by atoms with Gasteiger partial charge in [0.2, 0.25) is 0 Å². The van der Waals surface area contributed by atoms with E-state index in [-0.39, 0.29) is 17.9 Å². The maximum atomic E-state index is 12.7. The van der Waals surface area contributed by atoms with Crippen LogP contribution in [0.3, 0.4) is 0 Å². The van der Waals surface area contributed by atoms with Crippen molar-refractivity contribution in [2.45, 2.75) is 19.0 Å². The Balaban J connectivity index is 2.19. The smallest absolute Gasteiger partial charge is 0.381 e. The van der Waals surface area contributed by atoms with Crippen LogP contribution in [-0.4, -0.2) is 24.0 Å². The molecule has 0 aromatic carbocycles. The number of alkyl halides is 3. The molecule has 18 heavy (non-hydrogen) atoms. The zero-order valence-corrected chi connectivity index (χ0v) is 9.54. The molecule has 0 amide bonds. The lowest BCUT2D eigenvalue weighted by Crippen LogP contribution is -2.16. The summed E-state index contributed by atoms with van der Waals surface area (Å²) < 4.78 is 43.3. The van der Waals surface area contributed by atoms with Crippen molar-refractivity contribution in [1.82, 2.24) is 4.98 Å². The van der Waals surface area contributed by atoms with Crippen LogP contribution < -0.4 is 0 Å². The molecule has 2 heterocycles. The second-order valence-corrected chi connectivity index (χ2v) is 4.28. The molecule has 0 spiro atoms. The van der Waals surface area contributed by atoms with Crippen molar-refractivity contribution in [3.8, 4) is 0 Å².